The first-order valence-corrected chi connectivity index (χ1v) is 10.6. The molecule has 9 heteroatoms. The molecule has 0 aromatic carbocycles. The van der Waals surface area contributed by atoms with Crippen LogP contribution in [0.4, 0.5) is 11.6 Å². The standard InChI is InChI=1S/C23H22N8O/c1-30-12-17(9-28-30)16-4-15-5-21(27-11-20(15)26-8-16)29-23(32)14-2-3-24-22(6-14)31-13-18-7-19(31)10-25-18/h2-6,8-9,11-12,18-19,25H,7,10,13H2,1H3,(H,27,29,32). The Hall–Kier alpha value is -3.85. The van der Waals surface area contributed by atoms with Gasteiger partial charge in [-0.1, -0.05) is 0 Å². The number of amides is 1. The molecule has 2 atom stereocenters. The Morgan fingerprint density at radius 2 is 2.06 bits per heavy atom. The molecule has 32 heavy (non-hydrogen) atoms. The lowest BCUT2D eigenvalue weighted by atomic mass is 10.1. The average molecular weight is 426 g/mol. The molecular formula is C23H22N8O. The van der Waals surface area contributed by atoms with Crippen LogP contribution < -0.4 is 15.5 Å². The first-order valence-electron chi connectivity index (χ1n) is 10.6. The Morgan fingerprint density at radius 1 is 1.12 bits per heavy atom. The van der Waals surface area contributed by atoms with Gasteiger partial charge >= 0.3 is 0 Å². The number of aromatic nitrogens is 5. The number of carbonyl (C=O) groups excluding carboxylic acids is 1. The van der Waals surface area contributed by atoms with Crippen LogP contribution in [0.5, 0.6) is 0 Å². The molecule has 1 amide bonds. The van der Waals surface area contributed by atoms with Gasteiger partial charge in [0.05, 0.1) is 17.9 Å². The van der Waals surface area contributed by atoms with Crippen LogP contribution in [0.1, 0.15) is 16.8 Å². The second-order valence-corrected chi connectivity index (χ2v) is 8.39. The number of piperazine rings is 1. The van der Waals surface area contributed by atoms with E-state index in [1.54, 1.807) is 35.5 Å². The second-order valence-electron chi connectivity index (χ2n) is 8.39. The highest BCUT2D eigenvalue weighted by atomic mass is 16.1. The zero-order valence-corrected chi connectivity index (χ0v) is 17.6. The molecule has 2 bridgehead atoms. The summed E-state index contributed by atoms with van der Waals surface area (Å²) < 4.78 is 1.75. The lowest BCUT2D eigenvalue weighted by Gasteiger charge is -2.28. The molecule has 4 aromatic heterocycles. The van der Waals surface area contributed by atoms with Crippen molar-refractivity contribution in [2.45, 2.75) is 18.5 Å². The molecule has 6 heterocycles. The number of hydrogen-bond donors (Lipinski definition) is 2. The summed E-state index contributed by atoms with van der Waals surface area (Å²) in [5.74, 6) is 1.12. The highest BCUT2D eigenvalue weighted by molar-refractivity contribution is 6.04. The Morgan fingerprint density at radius 3 is 2.84 bits per heavy atom. The van der Waals surface area contributed by atoms with Crippen molar-refractivity contribution in [3.8, 4) is 11.1 Å². The first kappa shape index (κ1) is 18.9. The summed E-state index contributed by atoms with van der Waals surface area (Å²) in [6.07, 6.45) is 10.0. The molecule has 0 saturated carbocycles. The van der Waals surface area contributed by atoms with Gasteiger partial charge in [0.1, 0.15) is 11.6 Å². The van der Waals surface area contributed by atoms with Crippen LogP contribution in [0, 0.1) is 0 Å². The van der Waals surface area contributed by atoms with Crippen molar-refractivity contribution < 1.29 is 4.79 Å². The van der Waals surface area contributed by atoms with E-state index in [4.69, 9.17) is 0 Å². The van der Waals surface area contributed by atoms with Gasteiger partial charge in [0, 0.05) is 72.9 Å². The third-order valence-corrected chi connectivity index (χ3v) is 6.21. The minimum Gasteiger partial charge on any atom is -0.351 e. The topological polar surface area (TPSA) is 101 Å². The van der Waals surface area contributed by atoms with E-state index in [2.05, 4.69) is 35.6 Å². The van der Waals surface area contributed by atoms with E-state index in [0.29, 0.717) is 23.5 Å². The van der Waals surface area contributed by atoms with E-state index in [9.17, 15) is 4.79 Å². The largest absolute Gasteiger partial charge is 0.351 e. The van der Waals surface area contributed by atoms with Crippen LogP contribution in [0.2, 0.25) is 0 Å². The Kier molecular flexibility index (Phi) is 4.36. The number of aryl methyl sites for hydroxylation is 1. The summed E-state index contributed by atoms with van der Waals surface area (Å²) in [5, 5.41) is 11.5. The smallest absolute Gasteiger partial charge is 0.257 e. The van der Waals surface area contributed by atoms with Crippen molar-refractivity contribution in [2.75, 3.05) is 23.3 Å². The van der Waals surface area contributed by atoms with Crippen LogP contribution in [-0.2, 0) is 7.05 Å². The summed E-state index contributed by atoms with van der Waals surface area (Å²) in [6.45, 7) is 1.90. The fourth-order valence-electron chi connectivity index (χ4n) is 4.57. The average Bonchev–Trinajstić information content (AvgIpc) is 3.56. The minimum atomic E-state index is -0.209. The number of anilines is 2. The van der Waals surface area contributed by atoms with E-state index in [1.165, 1.54) is 0 Å². The van der Waals surface area contributed by atoms with Crippen LogP contribution in [0.15, 0.2) is 55.2 Å². The van der Waals surface area contributed by atoms with E-state index in [0.717, 1.165) is 47.4 Å². The number of pyridine rings is 3. The zero-order valence-electron chi connectivity index (χ0n) is 17.6. The number of nitrogens with one attached hydrogen (secondary N) is 2. The molecule has 2 N–H and O–H groups in total. The van der Waals surface area contributed by atoms with E-state index in [-0.39, 0.29) is 5.91 Å². The molecular weight excluding hydrogens is 404 g/mol. The van der Waals surface area contributed by atoms with E-state index < -0.39 is 0 Å². The fraction of sp³-hybridized carbons (Fsp3) is 0.261. The summed E-state index contributed by atoms with van der Waals surface area (Å²) in [7, 11) is 1.88. The molecule has 9 nitrogen and oxygen atoms in total. The maximum Gasteiger partial charge on any atom is 0.257 e. The molecule has 2 aliphatic heterocycles. The second kappa shape index (κ2) is 7.38. The number of nitrogens with zero attached hydrogens (tertiary/aromatic N) is 6. The van der Waals surface area contributed by atoms with Crippen molar-refractivity contribution in [2.24, 2.45) is 7.05 Å². The van der Waals surface area contributed by atoms with Crippen molar-refractivity contribution >= 4 is 28.4 Å². The molecule has 2 fully saturated rings. The quantitative estimate of drug-likeness (QED) is 0.516. The van der Waals surface area contributed by atoms with Gasteiger partial charge in [-0.3, -0.25) is 14.5 Å². The first-order chi connectivity index (χ1) is 15.6. The summed E-state index contributed by atoms with van der Waals surface area (Å²) in [4.78, 5) is 28.6. The summed E-state index contributed by atoms with van der Waals surface area (Å²) >= 11 is 0. The highest BCUT2D eigenvalue weighted by Crippen LogP contribution is 2.28. The number of carbonyl (C=O) groups is 1. The zero-order chi connectivity index (χ0) is 21.7. The van der Waals surface area contributed by atoms with Crippen LogP contribution in [0.3, 0.4) is 0 Å². The lowest BCUT2D eigenvalue weighted by molar-refractivity contribution is 0.102. The monoisotopic (exact) mass is 426 g/mol. The van der Waals surface area contributed by atoms with E-state index in [1.807, 2.05) is 31.4 Å². The van der Waals surface area contributed by atoms with Crippen LogP contribution >= 0.6 is 0 Å². The third-order valence-electron chi connectivity index (χ3n) is 6.21. The van der Waals surface area contributed by atoms with E-state index >= 15 is 0 Å². The Bertz CT molecular complexity index is 1330. The van der Waals surface area contributed by atoms with Gasteiger partial charge < -0.3 is 15.5 Å². The fourth-order valence-corrected chi connectivity index (χ4v) is 4.57. The molecule has 0 aliphatic carbocycles. The molecule has 0 radical (unpaired) electrons. The normalized spacial score (nSPS) is 19.6. The highest BCUT2D eigenvalue weighted by Gasteiger charge is 2.38. The van der Waals surface area contributed by atoms with Gasteiger partial charge in [0.2, 0.25) is 0 Å². The SMILES string of the molecule is Cn1cc(-c2cnc3cnc(NC(=O)c4ccnc(N5CC6CC5CN6)c4)cc3c2)cn1. The van der Waals surface area contributed by atoms with Gasteiger partial charge in [0.25, 0.3) is 5.91 Å². The maximum absolute atomic E-state index is 12.9. The van der Waals surface area contributed by atoms with Gasteiger partial charge in [-0.05, 0) is 30.7 Å². The number of fused-ring (bicyclic) bond motifs is 3. The van der Waals surface area contributed by atoms with Crippen molar-refractivity contribution in [1.82, 2.24) is 30.0 Å². The lowest BCUT2D eigenvalue weighted by Crippen LogP contribution is -2.44. The molecule has 2 unspecified atom stereocenters. The summed E-state index contributed by atoms with van der Waals surface area (Å²) in [5.41, 5.74) is 3.27. The Labute approximate surface area is 184 Å². The third kappa shape index (κ3) is 3.36. The molecule has 0 spiro atoms. The van der Waals surface area contributed by atoms with Gasteiger partial charge in [0.15, 0.2) is 0 Å². The molecule has 2 saturated heterocycles. The van der Waals surface area contributed by atoms with Gasteiger partial charge in [-0.2, -0.15) is 5.10 Å². The molecule has 4 aromatic rings. The van der Waals surface area contributed by atoms with Crippen molar-refractivity contribution in [3.63, 3.8) is 0 Å². The van der Waals surface area contributed by atoms with Crippen molar-refractivity contribution in [1.29, 1.82) is 0 Å². The Balaban J connectivity index is 1.24. The molecule has 160 valence electrons. The van der Waals surface area contributed by atoms with Crippen LogP contribution in [0.25, 0.3) is 22.0 Å². The number of rotatable bonds is 4. The molecule has 2 aliphatic rings. The maximum atomic E-state index is 12.9. The summed E-state index contributed by atoms with van der Waals surface area (Å²) in [6, 6.07) is 8.43. The van der Waals surface area contributed by atoms with Crippen LogP contribution in [-0.4, -0.2) is 55.8 Å². The predicted octanol–water partition coefficient (Wildman–Crippen LogP) is 2.23. The minimum absolute atomic E-state index is 0.209. The van der Waals surface area contributed by atoms with Gasteiger partial charge in [-0.15, -0.1) is 0 Å². The predicted molar refractivity (Wildman–Crippen MR) is 121 cm³/mol. The van der Waals surface area contributed by atoms with Crippen molar-refractivity contribution in [3.05, 3.63) is 60.8 Å². The number of hydrogen-bond acceptors (Lipinski definition) is 7. The van der Waals surface area contributed by atoms with Gasteiger partial charge in [-0.25, -0.2) is 9.97 Å². The molecule has 6 rings (SSSR count).